The Bertz CT molecular complexity index is 1330. The maximum absolute atomic E-state index is 15.1. The minimum atomic E-state index is -0.399. The maximum atomic E-state index is 15.1. The number of ether oxygens (including phenoxy) is 1. The molecule has 1 aromatic carbocycles. The normalized spacial score (nSPS) is 17.9. The Morgan fingerprint density at radius 3 is 2.81 bits per heavy atom. The van der Waals surface area contributed by atoms with Crippen LogP contribution in [0.25, 0.3) is 32.3 Å². The van der Waals surface area contributed by atoms with E-state index in [9.17, 15) is 4.79 Å². The maximum Gasteiger partial charge on any atom is 0.199 e. The first-order chi connectivity index (χ1) is 15.5. The second kappa shape index (κ2) is 7.98. The van der Waals surface area contributed by atoms with E-state index in [0.717, 1.165) is 39.8 Å². The highest BCUT2D eigenvalue weighted by atomic mass is 32.1. The smallest absolute Gasteiger partial charge is 0.199 e. The van der Waals surface area contributed by atoms with Crippen LogP contribution in [0.1, 0.15) is 18.4 Å². The first kappa shape index (κ1) is 20.6. The number of carbonyl (C=O) groups is 1. The van der Waals surface area contributed by atoms with Gasteiger partial charge in [-0.05, 0) is 31.4 Å². The quantitative estimate of drug-likeness (QED) is 0.431. The molecule has 1 N–H and O–H groups in total. The number of carbonyl (C=O) groups excluding carboxylic acids is 1. The Morgan fingerprint density at radius 2 is 2.12 bits per heavy atom. The molecule has 0 bridgehead atoms. The molecule has 0 saturated heterocycles. The van der Waals surface area contributed by atoms with Crippen LogP contribution in [0.3, 0.4) is 0 Å². The zero-order chi connectivity index (χ0) is 22.4. The van der Waals surface area contributed by atoms with Crippen molar-refractivity contribution in [2.45, 2.75) is 25.8 Å². The highest BCUT2D eigenvalue weighted by Gasteiger charge is 2.30. The third kappa shape index (κ3) is 3.33. The van der Waals surface area contributed by atoms with Gasteiger partial charge >= 0.3 is 0 Å². The Labute approximate surface area is 188 Å². The number of nitrogens with one attached hydrogen (secondary N) is 1. The highest BCUT2D eigenvalue weighted by molar-refractivity contribution is 7.22. The number of halogens is 1. The molecule has 0 radical (unpaired) electrons. The van der Waals surface area contributed by atoms with Crippen LogP contribution >= 0.6 is 11.3 Å². The number of rotatable bonds is 6. The number of nitrogens with zero attached hydrogens (tertiary/aromatic N) is 4. The van der Waals surface area contributed by atoms with E-state index in [4.69, 9.17) is 14.7 Å². The molecular formula is C23H22FN5O2S. The van der Waals surface area contributed by atoms with Gasteiger partial charge in [0.25, 0.3) is 0 Å². The van der Waals surface area contributed by atoms with E-state index in [1.54, 1.807) is 24.4 Å². The van der Waals surface area contributed by atoms with E-state index >= 15 is 4.39 Å². The minimum Gasteiger partial charge on any atom is -0.494 e. The fraction of sp³-hybridized carbons (Fsp3) is 0.304. The minimum absolute atomic E-state index is 0.0869. The Kier molecular flexibility index (Phi) is 5.13. The van der Waals surface area contributed by atoms with Gasteiger partial charge in [0.15, 0.2) is 23.2 Å². The number of anilines is 1. The summed E-state index contributed by atoms with van der Waals surface area (Å²) in [7, 11) is 3.35. The van der Waals surface area contributed by atoms with E-state index in [1.807, 2.05) is 24.7 Å². The van der Waals surface area contributed by atoms with Crippen molar-refractivity contribution in [1.82, 2.24) is 19.5 Å². The number of thiophene rings is 1. The van der Waals surface area contributed by atoms with Crippen LogP contribution in [0.5, 0.6) is 5.75 Å². The molecule has 0 atom stereocenters. The summed E-state index contributed by atoms with van der Waals surface area (Å²) in [6.07, 6.45) is 6.09. The average Bonchev–Trinajstić information content (AvgIpc) is 3.33. The Balaban J connectivity index is 1.67. The number of hydrogen-bond acceptors (Lipinski definition) is 7. The summed E-state index contributed by atoms with van der Waals surface area (Å²) in [6, 6.07) is 5.29. The monoisotopic (exact) mass is 451 g/mol. The predicted octanol–water partition coefficient (Wildman–Crippen LogP) is 4.60. The molecule has 164 valence electrons. The van der Waals surface area contributed by atoms with Gasteiger partial charge in [-0.25, -0.2) is 19.3 Å². The van der Waals surface area contributed by atoms with Crippen LogP contribution in [-0.4, -0.2) is 39.0 Å². The molecule has 1 saturated carbocycles. The number of aromatic nitrogens is 4. The molecule has 7 nitrogen and oxygen atoms in total. The Hall–Kier alpha value is -3.33. The van der Waals surface area contributed by atoms with Crippen molar-refractivity contribution < 1.29 is 13.9 Å². The number of benzene rings is 1. The van der Waals surface area contributed by atoms with Gasteiger partial charge < -0.3 is 19.4 Å². The van der Waals surface area contributed by atoms with Crippen molar-refractivity contribution in [2.24, 2.45) is 13.0 Å². The standard InChI is InChI=1S/C23H22FN5O2S/c1-12-17-20(26-14-9-13(10-14)11-30)27-21(22-25-7-8-29(22)2)28-23(17)32-19(12)15-5-4-6-16(31-3)18(15)24/h4-8,11,13-14H,9-10H2,1-3H3,(H,26,27,28). The molecule has 4 aromatic rings. The summed E-state index contributed by atoms with van der Waals surface area (Å²) in [4.78, 5) is 26.5. The molecule has 1 fully saturated rings. The highest BCUT2D eigenvalue weighted by Crippen LogP contribution is 2.43. The fourth-order valence-corrected chi connectivity index (χ4v) is 5.31. The van der Waals surface area contributed by atoms with Gasteiger partial charge in [0, 0.05) is 41.8 Å². The van der Waals surface area contributed by atoms with Crippen molar-refractivity contribution in [1.29, 1.82) is 0 Å². The molecular weight excluding hydrogens is 429 g/mol. The lowest BCUT2D eigenvalue weighted by molar-refractivity contribution is -0.113. The van der Waals surface area contributed by atoms with Crippen LogP contribution in [0.4, 0.5) is 10.2 Å². The van der Waals surface area contributed by atoms with Crippen molar-refractivity contribution in [2.75, 3.05) is 12.4 Å². The molecule has 9 heteroatoms. The number of aldehydes is 1. The summed E-state index contributed by atoms with van der Waals surface area (Å²) in [6.45, 7) is 1.96. The number of hydrogen-bond donors (Lipinski definition) is 1. The third-order valence-electron chi connectivity index (χ3n) is 5.95. The van der Waals surface area contributed by atoms with Crippen molar-refractivity contribution in [3.05, 3.63) is 42.0 Å². The number of fused-ring (bicyclic) bond motifs is 1. The zero-order valence-corrected chi connectivity index (χ0v) is 18.7. The third-order valence-corrected chi connectivity index (χ3v) is 7.17. The van der Waals surface area contributed by atoms with Crippen LogP contribution in [0, 0.1) is 18.7 Å². The lowest BCUT2D eigenvalue weighted by Crippen LogP contribution is -2.36. The first-order valence-electron chi connectivity index (χ1n) is 10.3. The summed E-state index contributed by atoms with van der Waals surface area (Å²) in [5.41, 5.74) is 1.37. The summed E-state index contributed by atoms with van der Waals surface area (Å²) in [5, 5.41) is 4.35. The van der Waals surface area contributed by atoms with E-state index < -0.39 is 5.82 Å². The lowest BCUT2D eigenvalue weighted by Gasteiger charge is -2.32. The van der Waals surface area contributed by atoms with Gasteiger partial charge in [-0.1, -0.05) is 12.1 Å². The van der Waals surface area contributed by atoms with Gasteiger partial charge in [0.05, 0.1) is 12.5 Å². The van der Waals surface area contributed by atoms with E-state index in [0.29, 0.717) is 23.0 Å². The average molecular weight is 452 g/mol. The SMILES string of the molecule is COc1cccc(-c2sc3nc(-c4nccn4C)nc(NC4CC(C=O)C4)c3c2C)c1F. The predicted molar refractivity (Wildman–Crippen MR) is 122 cm³/mol. The number of aryl methyl sites for hydroxylation is 2. The molecule has 32 heavy (non-hydrogen) atoms. The van der Waals surface area contributed by atoms with Crippen molar-refractivity contribution in [3.8, 4) is 27.8 Å². The topological polar surface area (TPSA) is 81.9 Å². The summed E-state index contributed by atoms with van der Waals surface area (Å²) in [5.74, 6) is 1.72. The van der Waals surface area contributed by atoms with Gasteiger partial charge in [0.2, 0.25) is 0 Å². The second-order valence-corrected chi connectivity index (χ2v) is 9.02. The van der Waals surface area contributed by atoms with E-state index in [2.05, 4.69) is 10.3 Å². The number of methoxy groups -OCH3 is 1. The molecule has 5 rings (SSSR count). The molecule has 0 aliphatic heterocycles. The molecule has 0 amide bonds. The van der Waals surface area contributed by atoms with Gasteiger partial charge in [0.1, 0.15) is 16.9 Å². The Morgan fingerprint density at radius 1 is 1.31 bits per heavy atom. The second-order valence-electron chi connectivity index (χ2n) is 8.02. The van der Waals surface area contributed by atoms with Gasteiger partial charge in [-0.15, -0.1) is 11.3 Å². The largest absolute Gasteiger partial charge is 0.494 e. The van der Waals surface area contributed by atoms with Gasteiger partial charge in [-0.2, -0.15) is 0 Å². The van der Waals surface area contributed by atoms with E-state index in [-0.39, 0.29) is 17.7 Å². The van der Waals surface area contributed by atoms with Crippen molar-refractivity contribution >= 4 is 33.7 Å². The fourth-order valence-electron chi connectivity index (χ4n) is 4.11. The van der Waals surface area contributed by atoms with Crippen LogP contribution < -0.4 is 10.1 Å². The lowest BCUT2D eigenvalue weighted by atomic mass is 9.81. The van der Waals surface area contributed by atoms with Crippen LogP contribution in [0.2, 0.25) is 0 Å². The molecule has 1 aliphatic rings. The first-order valence-corrected chi connectivity index (χ1v) is 11.1. The van der Waals surface area contributed by atoms with E-state index in [1.165, 1.54) is 18.4 Å². The molecule has 3 aromatic heterocycles. The van der Waals surface area contributed by atoms with Crippen LogP contribution in [0.15, 0.2) is 30.6 Å². The summed E-state index contributed by atoms with van der Waals surface area (Å²) < 4.78 is 22.1. The number of imidazole rings is 1. The molecule has 3 heterocycles. The van der Waals surface area contributed by atoms with Crippen LogP contribution in [-0.2, 0) is 11.8 Å². The molecule has 0 spiro atoms. The molecule has 1 aliphatic carbocycles. The van der Waals surface area contributed by atoms with Gasteiger partial charge in [-0.3, -0.25) is 0 Å². The summed E-state index contributed by atoms with van der Waals surface area (Å²) >= 11 is 1.42. The zero-order valence-electron chi connectivity index (χ0n) is 17.9. The van der Waals surface area contributed by atoms with Crippen molar-refractivity contribution in [3.63, 3.8) is 0 Å². The molecule has 0 unspecified atom stereocenters.